The Hall–Kier alpha value is 0.670. The van der Waals surface area contributed by atoms with Gasteiger partial charge in [0.1, 0.15) is 0 Å². The van der Waals surface area contributed by atoms with E-state index in [-0.39, 0.29) is 0 Å². The molecular formula is C12H13Cl5. The molecular weight excluding hydrogens is 321 g/mol. The number of benzene rings is 1. The molecule has 17 heavy (non-hydrogen) atoms. The summed E-state index contributed by atoms with van der Waals surface area (Å²) in [6, 6.07) is 7.52. The lowest BCUT2D eigenvalue weighted by Crippen LogP contribution is -2.29. The van der Waals surface area contributed by atoms with Gasteiger partial charge in [-0.25, -0.2) is 0 Å². The van der Waals surface area contributed by atoms with Crippen LogP contribution in [0.25, 0.3) is 0 Å². The van der Waals surface area contributed by atoms with Gasteiger partial charge in [0, 0.05) is 0 Å². The van der Waals surface area contributed by atoms with Crippen molar-refractivity contribution in [1.82, 2.24) is 0 Å². The summed E-state index contributed by atoms with van der Waals surface area (Å²) >= 11 is 29.9. The van der Waals surface area contributed by atoms with Crippen molar-refractivity contribution < 1.29 is 0 Å². The first-order chi connectivity index (χ1) is 7.80. The minimum absolute atomic E-state index is 0.664. The standard InChI is InChI=1S/C12H13Cl5/c1-2-3-6-9-7-4-5-8-10(9)11(13,14)12(15,16)17/h4-5,7-8H,2-3,6H2,1H3. The van der Waals surface area contributed by atoms with E-state index in [2.05, 4.69) is 6.92 Å². The Labute approximate surface area is 127 Å². The summed E-state index contributed by atoms with van der Waals surface area (Å²) in [4.78, 5) is 0. The number of hydrogen-bond donors (Lipinski definition) is 0. The summed E-state index contributed by atoms with van der Waals surface area (Å²) in [6.45, 7) is 2.12. The van der Waals surface area contributed by atoms with E-state index in [4.69, 9.17) is 58.0 Å². The molecule has 0 saturated carbocycles. The second-order valence-electron chi connectivity index (χ2n) is 3.83. The lowest BCUT2D eigenvalue weighted by Gasteiger charge is -2.29. The maximum Gasteiger partial charge on any atom is 0.227 e. The van der Waals surface area contributed by atoms with Gasteiger partial charge in [-0.15, -0.1) is 0 Å². The Morgan fingerprint density at radius 3 is 2.12 bits per heavy atom. The number of alkyl halides is 5. The highest BCUT2D eigenvalue weighted by Crippen LogP contribution is 2.53. The normalized spacial score (nSPS) is 12.8. The summed E-state index contributed by atoms with van der Waals surface area (Å²) in [5.41, 5.74) is 1.68. The quantitative estimate of drug-likeness (QED) is 0.590. The Bertz CT molecular complexity index is 367. The third kappa shape index (κ3) is 3.81. The van der Waals surface area contributed by atoms with Gasteiger partial charge in [-0.05, 0) is 24.0 Å². The zero-order valence-electron chi connectivity index (χ0n) is 9.32. The summed E-state index contributed by atoms with van der Waals surface area (Å²) in [5.74, 6) is 0. The summed E-state index contributed by atoms with van der Waals surface area (Å²) < 4.78 is -3.31. The van der Waals surface area contributed by atoms with E-state index in [1.54, 1.807) is 6.07 Å². The van der Waals surface area contributed by atoms with Crippen molar-refractivity contribution in [2.75, 3.05) is 0 Å². The molecule has 96 valence electrons. The van der Waals surface area contributed by atoms with Crippen molar-refractivity contribution in [3.05, 3.63) is 35.4 Å². The van der Waals surface area contributed by atoms with Crippen molar-refractivity contribution in [2.45, 2.75) is 34.3 Å². The van der Waals surface area contributed by atoms with Crippen molar-refractivity contribution in [3.63, 3.8) is 0 Å². The zero-order valence-corrected chi connectivity index (χ0v) is 13.1. The van der Waals surface area contributed by atoms with Gasteiger partial charge >= 0.3 is 0 Å². The first-order valence-electron chi connectivity index (χ1n) is 5.33. The highest BCUT2D eigenvalue weighted by molar-refractivity contribution is 6.75. The number of unbranched alkanes of at least 4 members (excludes halogenated alkanes) is 1. The molecule has 1 aromatic rings. The average molecular weight is 335 g/mol. The molecule has 0 spiro atoms. The number of aryl methyl sites for hydroxylation is 1. The maximum atomic E-state index is 6.19. The van der Waals surface area contributed by atoms with E-state index >= 15 is 0 Å². The summed E-state index contributed by atoms with van der Waals surface area (Å²) in [7, 11) is 0. The van der Waals surface area contributed by atoms with Crippen LogP contribution in [-0.4, -0.2) is 3.79 Å². The van der Waals surface area contributed by atoms with Gasteiger partial charge < -0.3 is 0 Å². The summed E-state index contributed by atoms with van der Waals surface area (Å²) in [6.07, 6.45) is 3.00. The van der Waals surface area contributed by atoms with Gasteiger partial charge in [0.05, 0.1) is 0 Å². The van der Waals surface area contributed by atoms with Crippen LogP contribution in [0.2, 0.25) is 0 Å². The predicted octanol–water partition coefficient (Wildman–Crippen LogP) is 6.03. The lowest BCUT2D eigenvalue weighted by molar-refractivity contribution is 0.770. The molecule has 0 fully saturated rings. The smallest absolute Gasteiger partial charge is 0.0915 e. The average Bonchev–Trinajstić information content (AvgIpc) is 2.25. The minimum Gasteiger partial charge on any atom is -0.0915 e. The molecule has 0 N–H and O–H groups in total. The van der Waals surface area contributed by atoms with Crippen LogP contribution >= 0.6 is 58.0 Å². The predicted molar refractivity (Wildman–Crippen MR) is 78.7 cm³/mol. The highest BCUT2D eigenvalue weighted by atomic mass is 35.6. The first-order valence-corrected chi connectivity index (χ1v) is 7.22. The van der Waals surface area contributed by atoms with Gasteiger partial charge in [0.15, 0.2) is 4.33 Å². The Kier molecular flexibility index (Phi) is 5.75. The van der Waals surface area contributed by atoms with E-state index in [1.807, 2.05) is 18.2 Å². The van der Waals surface area contributed by atoms with Crippen molar-refractivity contribution in [2.24, 2.45) is 0 Å². The molecule has 0 atom stereocenters. The van der Waals surface area contributed by atoms with Crippen LogP contribution in [0, 0.1) is 0 Å². The van der Waals surface area contributed by atoms with Gasteiger partial charge in [0.25, 0.3) is 0 Å². The topological polar surface area (TPSA) is 0 Å². The van der Waals surface area contributed by atoms with Crippen LogP contribution in [0.3, 0.4) is 0 Å². The van der Waals surface area contributed by atoms with Crippen LogP contribution in [0.4, 0.5) is 0 Å². The molecule has 0 radical (unpaired) electrons. The van der Waals surface area contributed by atoms with Gasteiger partial charge in [-0.3, -0.25) is 0 Å². The number of halogens is 5. The molecule has 0 aromatic heterocycles. The van der Waals surface area contributed by atoms with Crippen molar-refractivity contribution >= 4 is 58.0 Å². The summed E-state index contributed by atoms with van der Waals surface area (Å²) in [5, 5.41) is 0. The largest absolute Gasteiger partial charge is 0.227 e. The molecule has 5 heteroatoms. The van der Waals surface area contributed by atoms with Crippen LogP contribution < -0.4 is 0 Å². The van der Waals surface area contributed by atoms with E-state index in [0.29, 0.717) is 5.56 Å². The van der Waals surface area contributed by atoms with Crippen molar-refractivity contribution in [1.29, 1.82) is 0 Å². The third-order valence-corrected chi connectivity index (χ3v) is 4.92. The molecule has 0 aliphatic heterocycles. The molecule has 0 amide bonds. The van der Waals surface area contributed by atoms with Gasteiger partial charge in [-0.2, -0.15) is 0 Å². The Balaban J connectivity index is 3.12. The van der Waals surface area contributed by atoms with Crippen LogP contribution in [0.15, 0.2) is 24.3 Å². The molecule has 0 aliphatic rings. The van der Waals surface area contributed by atoms with Crippen LogP contribution in [-0.2, 0) is 10.8 Å². The van der Waals surface area contributed by atoms with E-state index in [0.717, 1.165) is 24.8 Å². The molecule has 0 aliphatic carbocycles. The number of hydrogen-bond acceptors (Lipinski definition) is 0. The fraction of sp³-hybridized carbons (Fsp3) is 0.500. The fourth-order valence-corrected chi connectivity index (χ4v) is 2.24. The SMILES string of the molecule is CCCCc1ccccc1C(Cl)(Cl)C(Cl)(Cl)Cl. The second-order valence-corrected chi connectivity index (χ2v) is 7.44. The van der Waals surface area contributed by atoms with E-state index in [1.165, 1.54) is 0 Å². The molecule has 0 nitrogen and oxygen atoms in total. The van der Waals surface area contributed by atoms with E-state index in [9.17, 15) is 0 Å². The minimum atomic E-state index is -1.77. The first kappa shape index (κ1) is 15.7. The van der Waals surface area contributed by atoms with Gasteiger partial charge in [-0.1, -0.05) is 95.6 Å². The molecule has 0 unspecified atom stereocenters. The fourth-order valence-electron chi connectivity index (χ4n) is 1.56. The molecule has 0 bridgehead atoms. The van der Waals surface area contributed by atoms with E-state index < -0.39 is 8.13 Å². The molecule has 1 rings (SSSR count). The van der Waals surface area contributed by atoms with Gasteiger partial charge in [0.2, 0.25) is 3.79 Å². The molecule has 0 heterocycles. The van der Waals surface area contributed by atoms with Crippen LogP contribution in [0.1, 0.15) is 30.9 Å². The maximum absolute atomic E-state index is 6.19. The Morgan fingerprint density at radius 2 is 1.59 bits per heavy atom. The Morgan fingerprint density at radius 1 is 1.00 bits per heavy atom. The van der Waals surface area contributed by atoms with Crippen LogP contribution in [0.5, 0.6) is 0 Å². The molecule has 1 aromatic carbocycles. The van der Waals surface area contributed by atoms with Crippen molar-refractivity contribution in [3.8, 4) is 0 Å². The second kappa shape index (κ2) is 6.21. The highest BCUT2D eigenvalue weighted by Gasteiger charge is 2.48. The number of rotatable bonds is 4. The third-order valence-electron chi connectivity index (χ3n) is 2.51. The lowest BCUT2D eigenvalue weighted by atomic mass is 9.99. The monoisotopic (exact) mass is 332 g/mol. The molecule has 0 saturated heterocycles. The zero-order chi connectivity index (χ0) is 13.1.